The summed E-state index contributed by atoms with van der Waals surface area (Å²) in [5.41, 5.74) is 1.24. The van der Waals surface area contributed by atoms with Crippen LogP contribution in [0.25, 0.3) is 0 Å². The first-order chi connectivity index (χ1) is 12.1. The number of aliphatic hydroxyl groups excluding tert-OH is 2. The number of hydrogen-bond donors (Lipinski definition) is 2. The van der Waals surface area contributed by atoms with Gasteiger partial charge in [0.2, 0.25) is 11.2 Å². The molecule has 2 rings (SSSR count). The van der Waals surface area contributed by atoms with Gasteiger partial charge in [-0.3, -0.25) is 0 Å². The number of hydrogen-bond acceptors (Lipinski definition) is 6. The average molecular weight is 369 g/mol. The standard InChI is InChI=1S/C16H25ClN6O2/c1-12-13(20-16(18-2)23(8-10-24)9-11-25)14(21-15(17)19-12)22-6-4-3-5-7-22/h24-25H,2-11H2,1H3. The molecule has 0 unspecified atom stereocenters. The minimum atomic E-state index is -0.0797. The van der Waals surface area contributed by atoms with Gasteiger partial charge in [-0.25, -0.2) is 15.0 Å². The van der Waals surface area contributed by atoms with Crippen molar-refractivity contribution >= 4 is 35.8 Å². The molecule has 25 heavy (non-hydrogen) atoms. The number of aryl methyl sites for hydroxylation is 1. The second-order valence-corrected chi connectivity index (χ2v) is 6.14. The van der Waals surface area contributed by atoms with Crippen molar-refractivity contribution < 1.29 is 10.2 Å². The van der Waals surface area contributed by atoms with Gasteiger partial charge in [-0.2, -0.15) is 4.98 Å². The van der Waals surface area contributed by atoms with Crippen LogP contribution < -0.4 is 4.90 Å². The fourth-order valence-electron chi connectivity index (χ4n) is 2.83. The number of aliphatic imine (C=N–C) groups is 2. The first kappa shape index (κ1) is 19.6. The third-order valence-corrected chi connectivity index (χ3v) is 4.21. The fraction of sp³-hybridized carbons (Fsp3) is 0.625. The van der Waals surface area contributed by atoms with Crippen LogP contribution >= 0.6 is 11.6 Å². The molecule has 1 aliphatic rings. The number of nitrogens with zero attached hydrogens (tertiary/aromatic N) is 6. The molecule has 2 heterocycles. The van der Waals surface area contributed by atoms with E-state index in [1.807, 2.05) is 6.92 Å². The summed E-state index contributed by atoms with van der Waals surface area (Å²) in [4.78, 5) is 21.0. The van der Waals surface area contributed by atoms with Crippen LogP contribution in [-0.4, -0.2) is 77.2 Å². The van der Waals surface area contributed by atoms with Crippen molar-refractivity contribution in [1.82, 2.24) is 14.9 Å². The van der Waals surface area contributed by atoms with Gasteiger partial charge < -0.3 is 20.0 Å². The first-order valence-corrected chi connectivity index (χ1v) is 8.79. The lowest BCUT2D eigenvalue weighted by atomic mass is 10.1. The van der Waals surface area contributed by atoms with Crippen molar-refractivity contribution in [3.63, 3.8) is 0 Å². The molecule has 0 saturated carbocycles. The van der Waals surface area contributed by atoms with Crippen LogP contribution in [0, 0.1) is 6.92 Å². The van der Waals surface area contributed by atoms with Crippen molar-refractivity contribution in [3.05, 3.63) is 11.0 Å². The van der Waals surface area contributed by atoms with E-state index in [-0.39, 0.29) is 18.5 Å². The topological polar surface area (TPSA) is 97.4 Å². The Hall–Kier alpha value is -1.77. The smallest absolute Gasteiger partial charge is 0.225 e. The second-order valence-electron chi connectivity index (χ2n) is 5.80. The van der Waals surface area contributed by atoms with Crippen LogP contribution in [0.2, 0.25) is 5.28 Å². The van der Waals surface area contributed by atoms with E-state index in [4.69, 9.17) is 11.6 Å². The Balaban J connectivity index is 2.45. The first-order valence-electron chi connectivity index (χ1n) is 8.42. The van der Waals surface area contributed by atoms with Crippen molar-refractivity contribution in [2.75, 3.05) is 44.3 Å². The summed E-state index contributed by atoms with van der Waals surface area (Å²) < 4.78 is 0. The molecule has 0 bridgehead atoms. The zero-order valence-electron chi connectivity index (χ0n) is 14.5. The van der Waals surface area contributed by atoms with Crippen LogP contribution in [0.5, 0.6) is 0 Å². The van der Waals surface area contributed by atoms with E-state index < -0.39 is 0 Å². The van der Waals surface area contributed by atoms with Gasteiger partial charge in [0.15, 0.2) is 5.82 Å². The van der Waals surface area contributed by atoms with Crippen LogP contribution in [0.4, 0.5) is 11.5 Å². The molecule has 0 aliphatic carbocycles. The molecule has 8 nitrogen and oxygen atoms in total. The van der Waals surface area contributed by atoms with Crippen molar-refractivity contribution in [1.29, 1.82) is 0 Å². The molecule has 9 heteroatoms. The maximum absolute atomic E-state index is 9.23. The minimum absolute atomic E-state index is 0.0797. The zero-order valence-corrected chi connectivity index (χ0v) is 15.3. The Morgan fingerprint density at radius 3 is 2.40 bits per heavy atom. The third-order valence-electron chi connectivity index (χ3n) is 4.04. The van der Waals surface area contributed by atoms with Crippen molar-refractivity contribution in [2.24, 2.45) is 9.98 Å². The Morgan fingerprint density at radius 2 is 1.84 bits per heavy atom. The van der Waals surface area contributed by atoms with E-state index in [0.717, 1.165) is 25.9 Å². The van der Waals surface area contributed by atoms with Crippen LogP contribution in [0.3, 0.4) is 0 Å². The molecule has 1 aromatic rings. The van der Waals surface area contributed by atoms with Crippen LogP contribution in [-0.2, 0) is 0 Å². The van der Waals surface area contributed by atoms with Gasteiger partial charge in [-0.1, -0.05) is 0 Å². The van der Waals surface area contributed by atoms with E-state index >= 15 is 0 Å². The summed E-state index contributed by atoms with van der Waals surface area (Å²) in [6.07, 6.45) is 3.39. The fourth-order valence-corrected chi connectivity index (χ4v) is 3.04. The Morgan fingerprint density at radius 1 is 1.20 bits per heavy atom. The quantitative estimate of drug-likeness (QED) is 0.447. The molecule has 1 aromatic heterocycles. The molecule has 0 aromatic carbocycles. The van der Waals surface area contributed by atoms with Crippen LogP contribution in [0.1, 0.15) is 25.0 Å². The van der Waals surface area contributed by atoms with Crippen LogP contribution in [0.15, 0.2) is 9.98 Å². The number of halogens is 1. The molecular formula is C16H25ClN6O2. The molecule has 1 fully saturated rings. The average Bonchev–Trinajstić information content (AvgIpc) is 2.61. The predicted octanol–water partition coefficient (Wildman–Crippen LogP) is 1.40. The zero-order chi connectivity index (χ0) is 18.2. The van der Waals surface area contributed by atoms with Crippen molar-refractivity contribution in [2.45, 2.75) is 26.2 Å². The number of anilines is 1. The summed E-state index contributed by atoms with van der Waals surface area (Å²) in [5, 5.41) is 18.7. The SMILES string of the molecule is C=NC(=Nc1c(C)nc(Cl)nc1N1CCCCC1)N(CCO)CCO. The van der Waals surface area contributed by atoms with Gasteiger partial charge in [0, 0.05) is 26.2 Å². The number of piperidine rings is 1. The van der Waals surface area contributed by atoms with Crippen molar-refractivity contribution in [3.8, 4) is 0 Å². The Bertz CT molecular complexity index is 613. The molecule has 1 aliphatic heterocycles. The van der Waals surface area contributed by atoms with Gasteiger partial charge in [0.25, 0.3) is 0 Å². The molecule has 2 N–H and O–H groups in total. The predicted molar refractivity (Wildman–Crippen MR) is 100 cm³/mol. The number of rotatable bonds is 6. The van der Waals surface area contributed by atoms with Gasteiger partial charge in [-0.05, 0) is 44.5 Å². The molecule has 138 valence electrons. The van der Waals surface area contributed by atoms with Gasteiger partial charge >= 0.3 is 0 Å². The lowest BCUT2D eigenvalue weighted by Crippen LogP contribution is -2.35. The summed E-state index contributed by atoms with van der Waals surface area (Å²) in [6.45, 7) is 7.61. The lowest BCUT2D eigenvalue weighted by molar-refractivity contribution is 0.211. The lowest BCUT2D eigenvalue weighted by Gasteiger charge is -2.29. The molecule has 0 amide bonds. The van der Waals surface area contributed by atoms with Gasteiger partial charge in [0.1, 0.15) is 5.69 Å². The highest BCUT2D eigenvalue weighted by atomic mass is 35.5. The van der Waals surface area contributed by atoms with E-state index in [1.54, 1.807) is 4.90 Å². The number of aliphatic hydroxyl groups is 2. The highest BCUT2D eigenvalue weighted by Crippen LogP contribution is 2.32. The molecule has 0 radical (unpaired) electrons. The summed E-state index contributed by atoms with van der Waals surface area (Å²) >= 11 is 6.06. The maximum atomic E-state index is 9.23. The molecule has 0 atom stereocenters. The Labute approximate surface area is 152 Å². The summed E-state index contributed by atoms with van der Waals surface area (Å²) in [6, 6.07) is 0. The molecular weight excluding hydrogens is 344 g/mol. The third kappa shape index (κ3) is 5.10. The molecule has 1 saturated heterocycles. The second kappa shape index (κ2) is 9.65. The molecule has 0 spiro atoms. The minimum Gasteiger partial charge on any atom is -0.395 e. The Kier molecular flexibility index (Phi) is 7.54. The highest BCUT2D eigenvalue weighted by Gasteiger charge is 2.20. The highest BCUT2D eigenvalue weighted by molar-refractivity contribution is 6.28. The maximum Gasteiger partial charge on any atom is 0.225 e. The number of guanidine groups is 1. The van der Waals surface area contributed by atoms with Gasteiger partial charge in [-0.15, -0.1) is 0 Å². The van der Waals surface area contributed by atoms with Gasteiger partial charge in [0.05, 0.1) is 18.9 Å². The van der Waals surface area contributed by atoms with E-state index in [2.05, 4.69) is 31.6 Å². The monoisotopic (exact) mass is 368 g/mol. The van der Waals surface area contributed by atoms with E-state index in [9.17, 15) is 10.2 Å². The largest absolute Gasteiger partial charge is 0.395 e. The van der Waals surface area contributed by atoms with E-state index in [0.29, 0.717) is 36.2 Å². The summed E-state index contributed by atoms with van der Waals surface area (Å²) in [5.74, 6) is 1.00. The summed E-state index contributed by atoms with van der Waals surface area (Å²) in [7, 11) is 0. The van der Waals surface area contributed by atoms with E-state index in [1.165, 1.54) is 6.42 Å². The number of aromatic nitrogens is 2. The normalized spacial score (nSPS) is 15.4.